The Labute approximate surface area is 424 Å². The van der Waals surface area contributed by atoms with Crippen molar-refractivity contribution in [1.82, 2.24) is 60.5 Å². The zero-order valence-electron chi connectivity index (χ0n) is 36.8. The SMILES string of the molecule is Brc1cnc(NCc2cccnn2)nc1.CS(=O)(=O)c1cccc(B(O)O)c1.CS(=O)(=O)c1cccc(C(=O)c2cnc(NCc3cccnn3)nc2)c1.Clc1ncc(Br)cn1.NCc1cccnn1. The minimum absolute atomic E-state index is 0.0816. The predicted molar refractivity (Wildman–Crippen MR) is 268 cm³/mol. The molecule has 0 fully saturated rings. The molecule has 0 aliphatic rings. The molecule has 0 saturated heterocycles. The summed E-state index contributed by atoms with van der Waals surface area (Å²) in [6.45, 7) is 1.43. The minimum Gasteiger partial charge on any atom is -0.423 e. The molecule has 28 heteroatoms. The van der Waals surface area contributed by atoms with Crippen LogP contribution in [0.2, 0.25) is 5.28 Å². The number of aromatic nitrogens is 12. The standard InChI is InChI=1S/C17H15N5O3S.C9H8BrN5.C7H9BO4S.C5H7N3.C4H2BrClN2/c1-26(24,25)15-6-2-4-12(8-15)16(23)13-9-18-17(19-10-13)20-11-14-5-3-7-21-22-14;10-7-4-11-9(12-5-7)13-6-8-2-1-3-14-15-8;1-13(11,12)7-4-2-3-6(5-7)8(9)10;6-4-5-2-1-3-7-8-5;5-3-1-7-4(6)8-2-3/h2-10H,11H2,1H3,(H,18,19,20);1-5H,6H2,(H,11,12,13);2-5,9-10H,1H3;1-3H,4,6H2;1-2H. The Morgan fingerprint density at radius 3 is 1.43 bits per heavy atom. The molecule has 362 valence electrons. The van der Waals surface area contributed by atoms with Crippen LogP contribution in [0.3, 0.4) is 0 Å². The summed E-state index contributed by atoms with van der Waals surface area (Å²) in [4.78, 5) is 36.4. The van der Waals surface area contributed by atoms with Crippen LogP contribution in [0.25, 0.3) is 0 Å². The second-order valence-corrected chi connectivity index (χ2v) is 19.8. The molecule has 0 amide bonds. The monoisotopic (exact) mass is 1140 g/mol. The van der Waals surface area contributed by atoms with Crippen molar-refractivity contribution in [3.05, 3.63) is 183 Å². The lowest BCUT2D eigenvalue weighted by Crippen LogP contribution is -2.30. The van der Waals surface area contributed by atoms with Crippen LogP contribution in [0.5, 0.6) is 0 Å². The first-order chi connectivity index (χ1) is 33.4. The van der Waals surface area contributed by atoms with Crippen molar-refractivity contribution in [1.29, 1.82) is 0 Å². The zero-order valence-corrected chi connectivity index (χ0v) is 42.4. The van der Waals surface area contributed by atoms with Crippen LogP contribution in [0.1, 0.15) is 33.0 Å². The maximum absolute atomic E-state index is 12.5. The molecule has 0 spiro atoms. The molecule has 2 aromatic carbocycles. The van der Waals surface area contributed by atoms with Crippen molar-refractivity contribution < 1.29 is 31.7 Å². The highest BCUT2D eigenvalue weighted by Crippen LogP contribution is 2.16. The number of carbonyl (C=O) groups is 1. The number of nitrogens with two attached hydrogens (primary N) is 1. The average molecular weight is 1140 g/mol. The minimum atomic E-state index is -3.39. The number of halogens is 3. The Morgan fingerprint density at radius 1 is 0.600 bits per heavy atom. The van der Waals surface area contributed by atoms with E-state index in [1.807, 2.05) is 30.3 Å². The number of hydrogen-bond acceptors (Lipinski definition) is 22. The van der Waals surface area contributed by atoms with Crippen LogP contribution in [-0.4, -0.2) is 113 Å². The van der Waals surface area contributed by atoms with E-state index in [1.54, 1.807) is 55.5 Å². The summed E-state index contributed by atoms with van der Waals surface area (Å²) in [7, 11) is -8.30. The summed E-state index contributed by atoms with van der Waals surface area (Å²) >= 11 is 11.8. The smallest absolute Gasteiger partial charge is 0.423 e. The first kappa shape index (κ1) is 55.9. The molecule has 8 aromatic rings. The molecule has 0 aliphatic carbocycles. The zero-order chi connectivity index (χ0) is 50.9. The fraction of sp³-hybridized carbons (Fsp3) is 0.119. The van der Waals surface area contributed by atoms with E-state index in [0.717, 1.165) is 38.5 Å². The number of nitrogens with zero attached hydrogens (tertiary/aromatic N) is 12. The molecule has 6 heterocycles. The van der Waals surface area contributed by atoms with Crippen LogP contribution >= 0.6 is 43.5 Å². The van der Waals surface area contributed by atoms with E-state index in [4.69, 9.17) is 27.4 Å². The fourth-order valence-electron chi connectivity index (χ4n) is 4.81. The molecule has 6 aromatic heterocycles. The largest absolute Gasteiger partial charge is 0.488 e. The number of ketones is 1. The number of benzene rings is 2. The third-order valence-electron chi connectivity index (χ3n) is 8.18. The topological polar surface area (TPSA) is 331 Å². The van der Waals surface area contributed by atoms with E-state index in [-0.39, 0.29) is 37.4 Å². The van der Waals surface area contributed by atoms with E-state index >= 15 is 0 Å². The van der Waals surface area contributed by atoms with Crippen LogP contribution < -0.4 is 21.8 Å². The maximum Gasteiger partial charge on any atom is 0.488 e. The first-order valence-corrected chi connectivity index (χ1v) is 25.6. The van der Waals surface area contributed by atoms with Gasteiger partial charge in [0.15, 0.2) is 25.5 Å². The van der Waals surface area contributed by atoms with Crippen molar-refractivity contribution in [2.75, 3.05) is 23.1 Å². The lowest BCUT2D eigenvalue weighted by Gasteiger charge is -2.06. The van der Waals surface area contributed by atoms with Gasteiger partial charge in [0.05, 0.1) is 54.5 Å². The van der Waals surface area contributed by atoms with Gasteiger partial charge in [-0.05, 0) is 110 Å². The van der Waals surface area contributed by atoms with Gasteiger partial charge in [0, 0.05) is 80.4 Å². The normalized spacial score (nSPS) is 10.5. The number of anilines is 2. The van der Waals surface area contributed by atoms with Crippen LogP contribution in [0, 0.1) is 0 Å². The predicted octanol–water partition coefficient (Wildman–Crippen LogP) is 3.75. The lowest BCUT2D eigenvalue weighted by atomic mass is 9.80. The van der Waals surface area contributed by atoms with Gasteiger partial charge in [-0.25, -0.2) is 46.7 Å². The molecular weight excluding hydrogens is 1100 g/mol. The van der Waals surface area contributed by atoms with Gasteiger partial charge in [-0.3, -0.25) is 4.79 Å². The second kappa shape index (κ2) is 28.7. The summed E-state index contributed by atoms with van der Waals surface area (Å²) in [6, 6.07) is 22.4. The Kier molecular flexibility index (Phi) is 22.9. The highest BCUT2D eigenvalue weighted by Gasteiger charge is 2.15. The highest BCUT2D eigenvalue weighted by atomic mass is 79.9. The van der Waals surface area contributed by atoms with Gasteiger partial charge in [-0.1, -0.05) is 24.3 Å². The number of nitrogens with one attached hydrogen (secondary N) is 2. The average Bonchev–Trinajstić information content (AvgIpc) is 3.37. The molecule has 0 unspecified atom stereocenters. The third kappa shape index (κ3) is 20.9. The lowest BCUT2D eigenvalue weighted by molar-refractivity contribution is 0.103. The third-order valence-corrected chi connectivity index (χ3v) is 11.4. The molecule has 0 aliphatic heterocycles. The number of rotatable bonds is 12. The van der Waals surface area contributed by atoms with Gasteiger partial charge in [-0.15, -0.1) is 0 Å². The van der Waals surface area contributed by atoms with Gasteiger partial charge < -0.3 is 26.4 Å². The summed E-state index contributed by atoms with van der Waals surface area (Å²) in [5, 5.41) is 46.6. The van der Waals surface area contributed by atoms with Crippen molar-refractivity contribution in [3.8, 4) is 0 Å². The fourth-order valence-corrected chi connectivity index (χ4v) is 6.66. The molecule has 8 rings (SSSR count). The number of sulfone groups is 2. The van der Waals surface area contributed by atoms with E-state index in [9.17, 15) is 21.6 Å². The summed E-state index contributed by atoms with van der Waals surface area (Å²) in [5.74, 6) is 0.567. The Morgan fingerprint density at radius 2 is 1.03 bits per heavy atom. The quantitative estimate of drug-likeness (QED) is 0.0660. The Hall–Kier alpha value is -6.72. The maximum atomic E-state index is 12.5. The van der Waals surface area contributed by atoms with E-state index in [0.29, 0.717) is 31.5 Å². The van der Waals surface area contributed by atoms with Gasteiger partial charge in [0.25, 0.3) is 0 Å². The van der Waals surface area contributed by atoms with Gasteiger partial charge in [-0.2, -0.15) is 30.6 Å². The first-order valence-electron chi connectivity index (χ1n) is 19.8. The molecule has 0 atom stereocenters. The van der Waals surface area contributed by atoms with Crippen LogP contribution in [0.4, 0.5) is 11.9 Å². The van der Waals surface area contributed by atoms with Crippen LogP contribution in [0.15, 0.2) is 159 Å². The number of hydrogen-bond donors (Lipinski definition) is 5. The highest BCUT2D eigenvalue weighted by molar-refractivity contribution is 9.10. The van der Waals surface area contributed by atoms with Crippen molar-refractivity contribution >= 4 is 93.4 Å². The Bertz CT molecular complexity index is 3040. The molecule has 0 radical (unpaired) electrons. The van der Waals surface area contributed by atoms with E-state index < -0.39 is 26.8 Å². The van der Waals surface area contributed by atoms with Crippen molar-refractivity contribution in [2.24, 2.45) is 5.73 Å². The van der Waals surface area contributed by atoms with E-state index in [2.05, 4.69) is 103 Å². The van der Waals surface area contributed by atoms with E-state index in [1.165, 1.54) is 54.9 Å². The molecular formula is C42H41BBr2ClN15O7S2. The molecule has 6 N–H and O–H groups in total. The van der Waals surface area contributed by atoms with Gasteiger partial charge in [0.2, 0.25) is 17.2 Å². The second-order valence-electron chi connectivity index (χ2n) is 13.6. The van der Waals surface area contributed by atoms with Crippen molar-refractivity contribution in [2.45, 2.75) is 29.4 Å². The molecule has 70 heavy (non-hydrogen) atoms. The van der Waals surface area contributed by atoms with Crippen molar-refractivity contribution in [3.63, 3.8) is 0 Å². The summed E-state index contributed by atoms with van der Waals surface area (Å²) in [6.07, 6.45) is 16.3. The summed E-state index contributed by atoms with van der Waals surface area (Å²) in [5.41, 5.74) is 8.35. The van der Waals surface area contributed by atoms with Crippen LogP contribution in [-0.2, 0) is 39.3 Å². The molecule has 22 nitrogen and oxygen atoms in total. The molecule has 0 saturated carbocycles. The van der Waals surface area contributed by atoms with Gasteiger partial charge >= 0.3 is 7.12 Å². The Balaban J connectivity index is 0.000000206. The molecule has 0 bridgehead atoms. The summed E-state index contributed by atoms with van der Waals surface area (Å²) < 4.78 is 47.0. The van der Waals surface area contributed by atoms with Gasteiger partial charge in [0.1, 0.15) is 0 Å². The number of carbonyl (C=O) groups excluding carboxylic acids is 1.